The minimum atomic E-state index is -4.31. The van der Waals surface area contributed by atoms with Gasteiger partial charge in [-0.3, -0.25) is 0 Å². The van der Waals surface area contributed by atoms with Crippen LogP contribution in [0.1, 0.15) is 16.7 Å². The molecule has 0 aliphatic heterocycles. The van der Waals surface area contributed by atoms with Gasteiger partial charge in [-0.15, -0.1) is 10.2 Å². The van der Waals surface area contributed by atoms with Crippen molar-refractivity contribution >= 4 is 47.0 Å². The first kappa shape index (κ1) is 26.5. The van der Waals surface area contributed by atoms with Gasteiger partial charge in [0.1, 0.15) is 11.4 Å². The summed E-state index contributed by atoms with van der Waals surface area (Å²) in [6, 6.07) is 14.6. The monoisotopic (exact) mass is 513 g/mol. The van der Waals surface area contributed by atoms with E-state index in [-0.39, 0.29) is 44.4 Å². The van der Waals surface area contributed by atoms with Crippen LogP contribution < -0.4 is 11.1 Å². The molecule has 1 radical (unpaired) electrons. The molecule has 0 spiro atoms. The van der Waals surface area contributed by atoms with E-state index in [9.17, 15) is 13.2 Å². The van der Waals surface area contributed by atoms with E-state index in [0.29, 0.717) is 11.1 Å². The molecule has 2 aromatic rings. The van der Waals surface area contributed by atoms with Gasteiger partial charge in [-0.05, 0) is 15.9 Å². The van der Waals surface area contributed by atoms with Crippen molar-refractivity contribution < 1.29 is 30.2 Å². The molecule has 0 aliphatic rings. The van der Waals surface area contributed by atoms with Crippen molar-refractivity contribution in [3.05, 3.63) is 71.3 Å². The maximum atomic E-state index is 12.7. The van der Waals surface area contributed by atoms with Gasteiger partial charge >= 0.3 is 23.2 Å². The van der Waals surface area contributed by atoms with Gasteiger partial charge in [-0.1, -0.05) is 54.6 Å². The Labute approximate surface area is 199 Å². The van der Waals surface area contributed by atoms with E-state index >= 15 is 0 Å². The summed E-state index contributed by atoms with van der Waals surface area (Å²) in [6.45, 7) is 0. The Bertz CT molecular complexity index is 970. The number of nitrogens with one attached hydrogen (secondary N) is 1. The Morgan fingerprint density at radius 1 is 0.871 bits per heavy atom. The summed E-state index contributed by atoms with van der Waals surface area (Å²) in [5, 5.41) is 18.5. The summed E-state index contributed by atoms with van der Waals surface area (Å²) in [5.41, 5.74) is 7.14. The minimum absolute atomic E-state index is 0. The molecule has 0 aliphatic carbocycles. The Kier molecular flexibility index (Phi) is 10.6. The molecule has 0 fully saturated rings. The zero-order chi connectivity index (χ0) is 22.1. The van der Waals surface area contributed by atoms with Gasteiger partial charge in [0.15, 0.2) is 0 Å². The molecular formula is C19H17CuF3N6S2. The van der Waals surface area contributed by atoms with Crippen LogP contribution in [0.4, 0.5) is 13.2 Å². The van der Waals surface area contributed by atoms with Crippen LogP contribution in [0.25, 0.3) is 0 Å². The average molecular weight is 514 g/mol. The van der Waals surface area contributed by atoms with Crippen LogP contribution in [0.15, 0.2) is 75.0 Å². The van der Waals surface area contributed by atoms with Gasteiger partial charge in [0.25, 0.3) is 0 Å². The molecule has 2 aromatic carbocycles. The smallest absolute Gasteiger partial charge is 0.741 e. The van der Waals surface area contributed by atoms with Gasteiger partial charge in [-0.2, -0.15) is 23.4 Å². The molecule has 0 amide bonds. The topological polar surface area (TPSA) is 87.5 Å². The Morgan fingerprint density at radius 2 is 1.39 bits per heavy atom. The van der Waals surface area contributed by atoms with Crippen LogP contribution >= 0.6 is 0 Å². The number of nitrogens with zero attached hydrogens (tertiary/aromatic N) is 4. The van der Waals surface area contributed by atoms with Crippen LogP contribution in [0.3, 0.4) is 0 Å². The van der Waals surface area contributed by atoms with E-state index in [1.54, 1.807) is 31.3 Å². The third-order valence-electron chi connectivity index (χ3n) is 3.61. The van der Waals surface area contributed by atoms with E-state index in [2.05, 4.69) is 25.7 Å². The maximum absolute atomic E-state index is 12.7. The number of alkyl halides is 3. The second kappa shape index (κ2) is 12.4. The molecule has 0 saturated carbocycles. The van der Waals surface area contributed by atoms with Crippen LogP contribution in [0, 0.1) is 0 Å². The van der Waals surface area contributed by atoms with Crippen molar-refractivity contribution in [1.29, 1.82) is 0 Å². The second-order valence-electron chi connectivity index (χ2n) is 5.85. The summed E-state index contributed by atoms with van der Waals surface area (Å²) < 4.78 is 38.0. The quantitative estimate of drug-likeness (QED) is 0.204. The number of halogens is 3. The largest absolute Gasteiger partial charge is 2.00 e. The Balaban J connectivity index is 0.00000480. The second-order valence-corrected chi connectivity index (χ2v) is 6.65. The van der Waals surface area contributed by atoms with Crippen LogP contribution in [-0.2, 0) is 48.7 Å². The number of rotatable bonds is 6. The predicted octanol–water partition coefficient (Wildman–Crippen LogP) is 2.88. The molecular weight excluding hydrogens is 497 g/mol. The summed E-state index contributed by atoms with van der Waals surface area (Å²) in [5.74, 6) is 0. The van der Waals surface area contributed by atoms with Gasteiger partial charge in [-0.25, -0.2) is 0 Å². The molecule has 0 atom stereocenters. The van der Waals surface area contributed by atoms with E-state index in [0.717, 1.165) is 0 Å². The van der Waals surface area contributed by atoms with Gasteiger partial charge in [0.2, 0.25) is 0 Å². The molecule has 31 heavy (non-hydrogen) atoms. The SMILES string of the molecule is CN/C([S-])=N/N=C(/C(=N/N=C(/N)[S-])c1ccccc1)c1ccc(CC(F)(F)F)cc1.[Cu+2]. The first-order valence-electron chi connectivity index (χ1n) is 8.50. The molecule has 167 valence electrons. The fraction of sp³-hybridized carbons (Fsp3) is 0.158. The molecule has 3 N–H and O–H groups in total. The van der Waals surface area contributed by atoms with Crippen molar-refractivity contribution in [1.82, 2.24) is 5.32 Å². The first-order valence-corrected chi connectivity index (χ1v) is 9.31. The predicted molar refractivity (Wildman–Crippen MR) is 119 cm³/mol. The van der Waals surface area contributed by atoms with Gasteiger partial charge in [0, 0.05) is 18.2 Å². The zero-order valence-corrected chi connectivity index (χ0v) is 18.6. The van der Waals surface area contributed by atoms with Crippen molar-refractivity contribution in [3.8, 4) is 0 Å². The molecule has 6 nitrogen and oxygen atoms in total. The normalized spacial score (nSPS) is 13.5. The molecule has 0 aromatic heterocycles. The fourth-order valence-electron chi connectivity index (χ4n) is 2.34. The van der Waals surface area contributed by atoms with Crippen molar-refractivity contribution in [2.24, 2.45) is 26.1 Å². The third-order valence-corrected chi connectivity index (χ3v) is 3.97. The number of nitrogens with two attached hydrogens (primary N) is 1. The maximum Gasteiger partial charge on any atom is 2.00 e. The van der Waals surface area contributed by atoms with Gasteiger partial charge < -0.3 is 36.3 Å². The zero-order valence-electron chi connectivity index (χ0n) is 16.0. The van der Waals surface area contributed by atoms with Crippen LogP contribution in [0.5, 0.6) is 0 Å². The number of hydrogen-bond acceptors (Lipinski definition) is 6. The summed E-state index contributed by atoms with van der Waals surface area (Å²) in [4.78, 5) is 0. The number of amidine groups is 2. The molecule has 0 unspecified atom stereocenters. The van der Waals surface area contributed by atoms with E-state index in [1.807, 2.05) is 6.07 Å². The standard InChI is InChI=1S/C19H19F3N6S2.Cu/c1-24-18(30)28-26-16(14-9-7-12(8-10-14)11-19(20,21)22)15(25-27-17(23)29)13-5-3-2-4-6-13;/h2-10H,11H2,1H3,(H3,23,27,29)(H2,24,28,30);/q;+2/p-2/b25-15+,26-16+;. The van der Waals surface area contributed by atoms with E-state index in [4.69, 9.17) is 31.0 Å². The Hall–Kier alpha value is -2.53. The Morgan fingerprint density at radius 3 is 1.87 bits per heavy atom. The first-order chi connectivity index (χ1) is 14.2. The molecule has 2 rings (SSSR count). The number of benzene rings is 2. The molecule has 12 heteroatoms. The minimum Gasteiger partial charge on any atom is -0.741 e. The van der Waals surface area contributed by atoms with Crippen molar-refractivity contribution in [3.63, 3.8) is 0 Å². The molecule has 0 heterocycles. The fourth-order valence-corrected chi connectivity index (χ4v) is 2.42. The third kappa shape index (κ3) is 9.01. The van der Waals surface area contributed by atoms with E-state index < -0.39 is 12.6 Å². The summed E-state index contributed by atoms with van der Waals surface area (Å²) in [7, 11) is 1.58. The van der Waals surface area contributed by atoms with Crippen LogP contribution in [0.2, 0.25) is 0 Å². The average Bonchev–Trinajstić information content (AvgIpc) is 2.70. The molecule has 0 saturated heterocycles. The summed E-state index contributed by atoms with van der Waals surface area (Å²) in [6.07, 6.45) is -5.34. The van der Waals surface area contributed by atoms with E-state index in [1.165, 1.54) is 24.3 Å². The van der Waals surface area contributed by atoms with Gasteiger partial charge in [0.05, 0.1) is 6.42 Å². The number of hydrogen-bond donors (Lipinski definition) is 2. The van der Waals surface area contributed by atoms with Crippen molar-refractivity contribution in [2.75, 3.05) is 7.05 Å². The summed E-state index contributed by atoms with van der Waals surface area (Å²) >= 11 is 9.76. The molecule has 0 bridgehead atoms. The van der Waals surface area contributed by atoms with Crippen molar-refractivity contribution in [2.45, 2.75) is 12.6 Å². The van der Waals surface area contributed by atoms with Crippen LogP contribution in [-0.4, -0.2) is 35.0 Å².